The minimum atomic E-state index is -0.126. The Hall–Kier alpha value is -2.96. The van der Waals surface area contributed by atoms with Crippen molar-refractivity contribution in [1.82, 2.24) is 24.6 Å². The average Bonchev–Trinajstić information content (AvgIpc) is 2.91. The lowest BCUT2D eigenvalue weighted by atomic mass is 10.2. The lowest BCUT2D eigenvalue weighted by Gasteiger charge is -2.15. The number of carbonyl (C=O) groups excluding carboxylic acids is 1. The molecule has 0 fully saturated rings. The van der Waals surface area contributed by atoms with Crippen molar-refractivity contribution in [3.8, 4) is 0 Å². The Morgan fingerprint density at radius 1 is 1.27 bits per heavy atom. The second-order valence-electron chi connectivity index (χ2n) is 6.59. The predicted octanol–water partition coefficient (Wildman–Crippen LogP) is 1.80. The maximum atomic E-state index is 12.4. The van der Waals surface area contributed by atoms with E-state index in [1.165, 1.54) is 10.9 Å². The SMILES string of the molecule is Cc1cc(C)n(C[C@@H](C)NC(=O)CCn2cnc3ccccc3c2=O)n1. The zero-order chi connectivity index (χ0) is 18.7. The molecule has 0 radical (unpaired) electrons. The molecule has 0 aliphatic heterocycles. The zero-order valence-electron chi connectivity index (χ0n) is 15.3. The molecule has 136 valence electrons. The molecule has 0 unspecified atom stereocenters. The number of para-hydroxylation sites is 1. The Morgan fingerprint density at radius 3 is 2.77 bits per heavy atom. The van der Waals surface area contributed by atoms with Gasteiger partial charge in [0.2, 0.25) is 5.91 Å². The highest BCUT2D eigenvalue weighted by Crippen LogP contribution is 2.05. The lowest BCUT2D eigenvalue weighted by molar-refractivity contribution is -0.122. The lowest BCUT2D eigenvalue weighted by Crippen LogP contribution is -2.37. The van der Waals surface area contributed by atoms with Gasteiger partial charge in [0.15, 0.2) is 0 Å². The maximum absolute atomic E-state index is 12.4. The Labute approximate surface area is 151 Å². The molecule has 1 N–H and O–H groups in total. The van der Waals surface area contributed by atoms with E-state index in [2.05, 4.69) is 15.4 Å². The average molecular weight is 353 g/mol. The molecule has 26 heavy (non-hydrogen) atoms. The number of rotatable bonds is 6. The third kappa shape index (κ3) is 3.99. The van der Waals surface area contributed by atoms with Crippen LogP contribution in [0.2, 0.25) is 0 Å². The highest BCUT2D eigenvalue weighted by molar-refractivity contribution is 5.77. The molecule has 1 amide bonds. The Bertz CT molecular complexity index is 989. The van der Waals surface area contributed by atoms with Crippen molar-refractivity contribution in [3.05, 3.63) is 58.4 Å². The minimum absolute atomic E-state index is 0.0491. The molecule has 2 heterocycles. The largest absolute Gasteiger partial charge is 0.352 e. The number of aryl methyl sites for hydroxylation is 3. The van der Waals surface area contributed by atoms with Crippen LogP contribution in [0.5, 0.6) is 0 Å². The molecular formula is C19H23N5O2. The van der Waals surface area contributed by atoms with Gasteiger partial charge < -0.3 is 5.32 Å². The smallest absolute Gasteiger partial charge is 0.261 e. The summed E-state index contributed by atoms with van der Waals surface area (Å²) < 4.78 is 3.37. The van der Waals surface area contributed by atoms with Crippen molar-refractivity contribution in [2.75, 3.05) is 0 Å². The van der Waals surface area contributed by atoms with E-state index in [4.69, 9.17) is 0 Å². The number of amides is 1. The first-order chi connectivity index (χ1) is 12.4. The number of fused-ring (bicyclic) bond motifs is 1. The van der Waals surface area contributed by atoms with Crippen molar-refractivity contribution in [1.29, 1.82) is 0 Å². The van der Waals surface area contributed by atoms with E-state index >= 15 is 0 Å². The van der Waals surface area contributed by atoms with Crippen molar-refractivity contribution in [3.63, 3.8) is 0 Å². The van der Waals surface area contributed by atoms with Crippen LogP contribution in [-0.4, -0.2) is 31.3 Å². The molecule has 0 aliphatic carbocycles. The summed E-state index contributed by atoms with van der Waals surface area (Å²) in [6, 6.07) is 9.16. The normalized spacial score (nSPS) is 12.3. The van der Waals surface area contributed by atoms with Crippen LogP contribution in [0.15, 0.2) is 41.5 Å². The number of hydrogen-bond donors (Lipinski definition) is 1. The van der Waals surface area contributed by atoms with Crippen molar-refractivity contribution in [2.45, 2.75) is 46.3 Å². The summed E-state index contributed by atoms with van der Waals surface area (Å²) in [5, 5.41) is 7.92. The summed E-state index contributed by atoms with van der Waals surface area (Å²) >= 11 is 0. The summed E-state index contributed by atoms with van der Waals surface area (Å²) in [5.74, 6) is -0.0981. The minimum Gasteiger partial charge on any atom is -0.352 e. The van der Waals surface area contributed by atoms with Crippen LogP contribution in [0, 0.1) is 13.8 Å². The van der Waals surface area contributed by atoms with Gasteiger partial charge in [0, 0.05) is 24.7 Å². The quantitative estimate of drug-likeness (QED) is 0.733. The summed E-state index contributed by atoms with van der Waals surface area (Å²) in [5.41, 5.74) is 2.57. The topological polar surface area (TPSA) is 81.8 Å². The number of carbonyl (C=O) groups is 1. The molecule has 0 bridgehead atoms. The van der Waals surface area contributed by atoms with Crippen LogP contribution in [0.3, 0.4) is 0 Å². The van der Waals surface area contributed by atoms with E-state index in [1.54, 1.807) is 12.1 Å². The number of benzene rings is 1. The maximum Gasteiger partial charge on any atom is 0.261 e. The fraction of sp³-hybridized carbons (Fsp3) is 0.368. The van der Waals surface area contributed by atoms with E-state index in [9.17, 15) is 9.59 Å². The van der Waals surface area contributed by atoms with Gasteiger partial charge in [-0.05, 0) is 39.0 Å². The highest BCUT2D eigenvalue weighted by Gasteiger charge is 2.11. The summed E-state index contributed by atoms with van der Waals surface area (Å²) in [6.07, 6.45) is 1.72. The zero-order valence-corrected chi connectivity index (χ0v) is 15.3. The van der Waals surface area contributed by atoms with Gasteiger partial charge in [-0.15, -0.1) is 0 Å². The monoisotopic (exact) mass is 353 g/mol. The number of nitrogens with zero attached hydrogens (tertiary/aromatic N) is 4. The molecule has 7 nitrogen and oxygen atoms in total. The van der Waals surface area contributed by atoms with Gasteiger partial charge in [-0.2, -0.15) is 5.10 Å². The van der Waals surface area contributed by atoms with Crippen LogP contribution in [0.4, 0.5) is 0 Å². The van der Waals surface area contributed by atoms with Gasteiger partial charge in [0.05, 0.1) is 29.5 Å². The van der Waals surface area contributed by atoms with E-state index in [0.717, 1.165) is 11.4 Å². The molecule has 0 spiro atoms. The van der Waals surface area contributed by atoms with Crippen molar-refractivity contribution >= 4 is 16.8 Å². The summed E-state index contributed by atoms with van der Waals surface area (Å²) in [7, 11) is 0. The first kappa shape index (κ1) is 17.8. The molecule has 1 atom stereocenters. The fourth-order valence-electron chi connectivity index (χ4n) is 3.00. The molecule has 3 aromatic rings. The van der Waals surface area contributed by atoms with Crippen LogP contribution in [0.1, 0.15) is 24.7 Å². The Balaban J connectivity index is 1.58. The molecular weight excluding hydrogens is 330 g/mol. The van der Waals surface area contributed by atoms with E-state index in [0.29, 0.717) is 24.0 Å². The number of aromatic nitrogens is 4. The standard InChI is InChI=1S/C19H23N5O2/c1-13-10-15(3)24(22-13)11-14(2)21-18(25)8-9-23-12-20-17-7-5-4-6-16(17)19(23)26/h4-7,10,12,14H,8-9,11H2,1-3H3,(H,21,25)/t14-/m1/s1. The van der Waals surface area contributed by atoms with Gasteiger partial charge in [-0.25, -0.2) is 4.98 Å². The third-order valence-corrected chi connectivity index (χ3v) is 4.27. The van der Waals surface area contributed by atoms with E-state index < -0.39 is 0 Å². The molecule has 0 saturated carbocycles. The molecule has 0 saturated heterocycles. The number of hydrogen-bond acceptors (Lipinski definition) is 4. The van der Waals surface area contributed by atoms with Crippen LogP contribution in [0.25, 0.3) is 10.9 Å². The Kier molecular flexibility index (Phi) is 5.16. The second-order valence-corrected chi connectivity index (χ2v) is 6.59. The van der Waals surface area contributed by atoms with Crippen LogP contribution in [-0.2, 0) is 17.9 Å². The molecule has 2 aromatic heterocycles. The van der Waals surface area contributed by atoms with Crippen molar-refractivity contribution < 1.29 is 4.79 Å². The fourth-order valence-corrected chi connectivity index (χ4v) is 3.00. The van der Waals surface area contributed by atoms with Gasteiger partial charge in [0.25, 0.3) is 5.56 Å². The molecule has 1 aromatic carbocycles. The summed E-state index contributed by atoms with van der Waals surface area (Å²) in [4.78, 5) is 28.9. The van der Waals surface area contributed by atoms with Gasteiger partial charge in [-0.3, -0.25) is 18.8 Å². The van der Waals surface area contributed by atoms with E-state index in [1.807, 2.05) is 43.7 Å². The van der Waals surface area contributed by atoms with Crippen LogP contribution >= 0.6 is 0 Å². The van der Waals surface area contributed by atoms with Crippen molar-refractivity contribution in [2.24, 2.45) is 0 Å². The van der Waals surface area contributed by atoms with Crippen LogP contribution < -0.4 is 10.9 Å². The molecule has 0 aliphatic rings. The second kappa shape index (κ2) is 7.51. The first-order valence-electron chi connectivity index (χ1n) is 8.68. The third-order valence-electron chi connectivity index (χ3n) is 4.27. The van der Waals surface area contributed by atoms with Gasteiger partial charge in [-0.1, -0.05) is 12.1 Å². The molecule has 3 rings (SSSR count). The summed E-state index contributed by atoms with van der Waals surface area (Å²) in [6.45, 7) is 6.80. The predicted molar refractivity (Wildman–Crippen MR) is 99.9 cm³/mol. The molecule has 7 heteroatoms. The first-order valence-corrected chi connectivity index (χ1v) is 8.68. The van der Waals surface area contributed by atoms with Gasteiger partial charge >= 0.3 is 0 Å². The number of nitrogens with one attached hydrogen (secondary N) is 1. The van der Waals surface area contributed by atoms with Gasteiger partial charge in [0.1, 0.15) is 0 Å². The van der Waals surface area contributed by atoms with E-state index in [-0.39, 0.29) is 23.9 Å². The Morgan fingerprint density at radius 2 is 2.04 bits per heavy atom. The highest BCUT2D eigenvalue weighted by atomic mass is 16.2.